The van der Waals surface area contributed by atoms with Crippen molar-refractivity contribution in [2.24, 2.45) is 11.7 Å². The van der Waals surface area contributed by atoms with Gasteiger partial charge in [0.2, 0.25) is 5.91 Å². The van der Waals surface area contributed by atoms with E-state index in [1.54, 1.807) is 31.1 Å². The zero-order valence-corrected chi connectivity index (χ0v) is 22.0. The Balaban J connectivity index is 1.69. The Bertz CT molecular complexity index is 1120. The average Bonchev–Trinajstić information content (AvgIpc) is 3.25. The number of methoxy groups -OCH3 is 1. The second-order valence-corrected chi connectivity index (χ2v) is 10.5. The highest BCUT2D eigenvalue weighted by atomic mass is 19.1. The molecule has 1 amide bonds. The Morgan fingerprint density at radius 1 is 1.21 bits per heavy atom. The van der Waals surface area contributed by atoms with Gasteiger partial charge in [-0.3, -0.25) is 4.79 Å². The molecule has 7 nitrogen and oxygen atoms in total. The van der Waals surface area contributed by atoms with Crippen LogP contribution in [0.1, 0.15) is 43.2 Å². The molecule has 208 valence electrons. The van der Waals surface area contributed by atoms with E-state index >= 15 is 4.39 Å². The first-order valence-electron chi connectivity index (χ1n) is 13.3. The van der Waals surface area contributed by atoms with E-state index in [0.29, 0.717) is 55.5 Å². The summed E-state index contributed by atoms with van der Waals surface area (Å²) in [6, 6.07) is 8.44. The first kappa shape index (κ1) is 28.6. The molecule has 2 fully saturated rings. The second-order valence-electron chi connectivity index (χ2n) is 10.5. The van der Waals surface area contributed by atoms with E-state index in [9.17, 15) is 19.4 Å². The maximum atomic E-state index is 15.4. The van der Waals surface area contributed by atoms with Crippen molar-refractivity contribution >= 4 is 5.91 Å². The minimum absolute atomic E-state index is 0.111. The monoisotopic (exact) mass is 532 g/mol. The first-order chi connectivity index (χ1) is 18.2. The molecule has 0 radical (unpaired) electrons. The fourth-order valence-corrected chi connectivity index (χ4v) is 5.73. The van der Waals surface area contributed by atoms with Gasteiger partial charge in [-0.25, -0.2) is 8.78 Å². The van der Waals surface area contributed by atoms with Crippen molar-refractivity contribution in [3.63, 3.8) is 0 Å². The number of hydrogen-bond acceptors (Lipinski definition) is 6. The van der Waals surface area contributed by atoms with Crippen molar-refractivity contribution in [2.75, 3.05) is 33.4 Å². The molecule has 5 atom stereocenters. The van der Waals surface area contributed by atoms with Crippen molar-refractivity contribution < 1.29 is 33.3 Å². The highest BCUT2D eigenvalue weighted by Crippen LogP contribution is 2.42. The quantitative estimate of drug-likeness (QED) is 0.428. The number of hydrogen-bond donors (Lipinski definition) is 3. The molecule has 2 aromatic rings. The molecule has 2 aliphatic rings. The Hall–Kier alpha value is -2.43. The second kappa shape index (κ2) is 12.2. The van der Waals surface area contributed by atoms with Gasteiger partial charge in [0.1, 0.15) is 23.3 Å². The molecular formula is C29H38F2N2O5. The SMILES string of the molecule is COCCCC[C@@](O)(c1cccc(F)c1-c1ccc(F)c(C)c1)C1CN(C(=O)[C@H]2C[C@@H](N)[C@@H](O)C2)CCO1. The van der Waals surface area contributed by atoms with Crippen molar-refractivity contribution in [3.05, 3.63) is 59.2 Å². The number of unbranched alkanes of at least 4 members (excludes halogenated alkanes) is 1. The van der Waals surface area contributed by atoms with E-state index in [4.69, 9.17) is 15.2 Å². The summed E-state index contributed by atoms with van der Waals surface area (Å²) >= 11 is 0. The smallest absolute Gasteiger partial charge is 0.226 e. The van der Waals surface area contributed by atoms with E-state index in [0.717, 1.165) is 0 Å². The lowest BCUT2D eigenvalue weighted by atomic mass is 9.78. The van der Waals surface area contributed by atoms with Gasteiger partial charge in [0.15, 0.2) is 0 Å². The molecule has 0 bridgehead atoms. The van der Waals surface area contributed by atoms with E-state index in [1.807, 2.05) is 0 Å². The van der Waals surface area contributed by atoms with Crippen molar-refractivity contribution in [3.8, 4) is 11.1 Å². The minimum Gasteiger partial charge on any atom is -0.391 e. The van der Waals surface area contributed by atoms with E-state index < -0.39 is 35.5 Å². The Morgan fingerprint density at radius 3 is 2.68 bits per heavy atom. The van der Waals surface area contributed by atoms with Gasteiger partial charge in [0.25, 0.3) is 0 Å². The van der Waals surface area contributed by atoms with Crippen LogP contribution in [0.25, 0.3) is 11.1 Å². The van der Waals surface area contributed by atoms with Crippen LogP contribution in [0.5, 0.6) is 0 Å². The van der Waals surface area contributed by atoms with Gasteiger partial charge < -0.3 is 30.3 Å². The maximum Gasteiger partial charge on any atom is 0.226 e. The van der Waals surface area contributed by atoms with Gasteiger partial charge in [0, 0.05) is 37.8 Å². The Kier molecular flexibility index (Phi) is 9.15. The number of benzene rings is 2. The van der Waals surface area contributed by atoms with Gasteiger partial charge in [-0.05, 0) is 73.9 Å². The summed E-state index contributed by atoms with van der Waals surface area (Å²) in [6.45, 7) is 2.78. The van der Waals surface area contributed by atoms with Crippen LogP contribution in [0.15, 0.2) is 36.4 Å². The molecule has 0 spiro atoms. The molecule has 1 saturated carbocycles. The predicted molar refractivity (Wildman–Crippen MR) is 139 cm³/mol. The zero-order valence-electron chi connectivity index (χ0n) is 22.0. The highest BCUT2D eigenvalue weighted by molar-refractivity contribution is 5.79. The lowest BCUT2D eigenvalue weighted by molar-refractivity contribution is -0.167. The number of aliphatic hydroxyl groups is 2. The number of ether oxygens (including phenoxy) is 2. The third kappa shape index (κ3) is 5.92. The molecule has 1 saturated heterocycles. The van der Waals surface area contributed by atoms with Crippen LogP contribution in [0, 0.1) is 24.5 Å². The van der Waals surface area contributed by atoms with Crippen molar-refractivity contribution in [1.82, 2.24) is 4.90 Å². The molecule has 38 heavy (non-hydrogen) atoms. The van der Waals surface area contributed by atoms with E-state index in [-0.39, 0.29) is 37.0 Å². The number of nitrogens with two attached hydrogens (primary N) is 1. The van der Waals surface area contributed by atoms with E-state index in [2.05, 4.69) is 0 Å². The van der Waals surface area contributed by atoms with Crippen LogP contribution in [0.4, 0.5) is 8.78 Å². The molecule has 1 unspecified atom stereocenters. The topological polar surface area (TPSA) is 105 Å². The summed E-state index contributed by atoms with van der Waals surface area (Å²) < 4.78 is 40.7. The first-order valence-corrected chi connectivity index (χ1v) is 13.3. The van der Waals surface area contributed by atoms with E-state index in [1.165, 1.54) is 24.3 Å². The van der Waals surface area contributed by atoms with Gasteiger partial charge in [-0.2, -0.15) is 0 Å². The van der Waals surface area contributed by atoms with Crippen molar-refractivity contribution in [1.29, 1.82) is 0 Å². The predicted octanol–water partition coefficient (Wildman–Crippen LogP) is 3.27. The molecule has 1 aliphatic carbocycles. The number of amides is 1. The number of morpholine rings is 1. The highest BCUT2D eigenvalue weighted by Gasteiger charge is 2.46. The molecule has 4 rings (SSSR count). The van der Waals surface area contributed by atoms with Crippen LogP contribution in [0.3, 0.4) is 0 Å². The number of rotatable bonds is 9. The summed E-state index contributed by atoms with van der Waals surface area (Å²) in [6.07, 6.45) is 0.652. The summed E-state index contributed by atoms with van der Waals surface area (Å²) in [7, 11) is 1.60. The standard InChI is InChI=1S/C29H38F2N2O5/c1-18-14-19(8-9-22(18)30)27-21(6-5-7-23(27)31)29(36,10-3-4-12-37-2)26-17-33(11-13-38-26)28(35)20-15-24(32)25(34)16-20/h5-9,14,20,24-26,34,36H,3-4,10-13,15-17,32H2,1-2H3/t20-,24+,25-,26?,29+/m0/s1. The van der Waals surface area contributed by atoms with Crippen LogP contribution in [-0.2, 0) is 19.9 Å². The average molecular weight is 533 g/mol. The zero-order chi connectivity index (χ0) is 27.4. The normalized spacial score (nSPS) is 25.4. The van der Waals surface area contributed by atoms with Gasteiger partial charge in [-0.1, -0.05) is 18.2 Å². The lowest BCUT2D eigenvalue weighted by Gasteiger charge is -2.43. The Labute approximate surface area is 222 Å². The molecule has 4 N–H and O–H groups in total. The van der Waals surface area contributed by atoms with Crippen LogP contribution < -0.4 is 5.73 Å². The molecule has 1 aliphatic heterocycles. The summed E-state index contributed by atoms with van der Waals surface area (Å²) in [5.41, 5.74) is 5.63. The van der Waals surface area contributed by atoms with Crippen LogP contribution in [0.2, 0.25) is 0 Å². The molecule has 9 heteroatoms. The Morgan fingerprint density at radius 2 is 2.00 bits per heavy atom. The number of halogens is 2. The number of carbonyl (C=O) groups is 1. The molecule has 1 heterocycles. The lowest BCUT2D eigenvalue weighted by Crippen LogP contribution is -2.55. The fraction of sp³-hybridized carbons (Fsp3) is 0.552. The molecular weight excluding hydrogens is 494 g/mol. The third-order valence-electron chi connectivity index (χ3n) is 7.92. The number of carbonyl (C=O) groups excluding carboxylic acids is 1. The fourth-order valence-electron chi connectivity index (χ4n) is 5.73. The largest absolute Gasteiger partial charge is 0.391 e. The maximum absolute atomic E-state index is 15.4. The minimum atomic E-state index is -1.64. The summed E-state index contributed by atoms with van der Waals surface area (Å²) in [5, 5.41) is 22.4. The van der Waals surface area contributed by atoms with Crippen LogP contribution >= 0.6 is 0 Å². The number of aryl methyl sites for hydroxylation is 1. The van der Waals surface area contributed by atoms with Crippen LogP contribution in [-0.4, -0.2) is 72.7 Å². The van der Waals surface area contributed by atoms with Gasteiger partial charge in [0.05, 0.1) is 19.3 Å². The summed E-state index contributed by atoms with van der Waals surface area (Å²) in [5.74, 6) is -1.45. The third-order valence-corrected chi connectivity index (χ3v) is 7.92. The molecule has 2 aromatic carbocycles. The number of aliphatic hydroxyl groups excluding tert-OH is 1. The summed E-state index contributed by atoms with van der Waals surface area (Å²) in [4.78, 5) is 15.0. The van der Waals surface area contributed by atoms with Gasteiger partial charge >= 0.3 is 0 Å². The van der Waals surface area contributed by atoms with Crippen molar-refractivity contribution in [2.45, 2.75) is 62.9 Å². The number of nitrogens with zero attached hydrogens (tertiary/aromatic N) is 1. The molecule has 0 aromatic heterocycles. The van der Waals surface area contributed by atoms with Gasteiger partial charge in [-0.15, -0.1) is 0 Å².